The Morgan fingerprint density at radius 1 is 0.833 bits per heavy atom. The van der Waals surface area contributed by atoms with Crippen LogP contribution in [0.1, 0.15) is 22.3 Å². The lowest BCUT2D eigenvalue weighted by Crippen LogP contribution is -2.12. The fraction of sp³-hybridized carbons (Fsp3) is 0.333. The standard InChI is InChI=1S/C21H26N2O/c1-22(2)14-17-9-11-18(12-10-17)21(16-24)13-19-7-5-6-8-20(19)15-23(3)4/h5-12H,13-15H2,1-4H3. The molecule has 126 valence electrons. The quantitative estimate of drug-likeness (QED) is 0.731. The summed E-state index contributed by atoms with van der Waals surface area (Å²) in [5, 5.41) is 0. The Labute approximate surface area is 145 Å². The molecule has 2 aromatic rings. The Bertz CT molecular complexity index is 711. The molecule has 2 rings (SSSR count). The molecule has 0 saturated carbocycles. The second-order valence-electron chi connectivity index (χ2n) is 6.70. The minimum Gasteiger partial charge on any atom is -0.305 e. The smallest absolute Gasteiger partial charge is 0.128 e. The van der Waals surface area contributed by atoms with E-state index in [1.165, 1.54) is 16.7 Å². The van der Waals surface area contributed by atoms with Crippen LogP contribution < -0.4 is 0 Å². The molecular formula is C21H26N2O. The van der Waals surface area contributed by atoms with Crippen molar-refractivity contribution < 1.29 is 4.79 Å². The molecular weight excluding hydrogens is 296 g/mol. The highest BCUT2D eigenvalue weighted by Crippen LogP contribution is 2.21. The molecule has 0 aliphatic heterocycles. The number of hydrogen-bond acceptors (Lipinski definition) is 3. The normalized spacial score (nSPS) is 10.9. The van der Waals surface area contributed by atoms with Crippen LogP contribution in [0.15, 0.2) is 48.5 Å². The summed E-state index contributed by atoms with van der Waals surface area (Å²) >= 11 is 0. The van der Waals surface area contributed by atoms with E-state index in [9.17, 15) is 4.79 Å². The molecule has 0 saturated heterocycles. The molecule has 0 aliphatic rings. The molecule has 0 unspecified atom stereocenters. The fourth-order valence-corrected chi connectivity index (χ4v) is 2.79. The van der Waals surface area contributed by atoms with Gasteiger partial charge in [0.2, 0.25) is 0 Å². The Morgan fingerprint density at radius 2 is 1.42 bits per heavy atom. The van der Waals surface area contributed by atoms with Crippen molar-refractivity contribution in [1.82, 2.24) is 9.80 Å². The maximum absolute atomic E-state index is 11.5. The van der Waals surface area contributed by atoms with Crippen LogP contribution in [0.5, 0.6) is 0 Å². The van der Waals surface area contributed by atoms with E-state index in [4.69, 9.17) is 0 Å². The van der Waals surface area contributed by atoms with Crippen LogP contribution in [0, 0.1) is 0 Å². The Balaban J connectivity index is 2.20. The van der Waals surface area contributed by atoms with Crippen LogP contribution in [0.4, 0.5) is 0 Å². The van der Waals surface area contributed by atoms with Crippen molar-refractivity contribution in [2.75, 3.05) is 28.2 Å². The highest BCUT2D eigenvalue weighted by Gasteiger charge is 2.09. The van der Waals surface area contributed by atoms with Crippen molar-refractivity contribution in [3.05, 3.63) is 70.8 Å². The van der Waals surface area contributed by atoms with E-state index in [-0.39, 0.29) is 0 Å². The molecule has 0 aliphatic carbocycles. The molecule has 0 aromatic heterocycles. The summed E-state index contributed by atoms with van der Waals surface area (Å²) in [5.41, 5.74) is 5.33. The highest BCUT2D eigenvalue weighted by molar-refractivity contribution is 5.88. The van der Waals surface area contributed by atoms with Crippen molar-refractivity contribution in [2.24, 2.45) is 0 Å². The van der Waals surface area contributed by atoms with Crippen molar-refractivity contribution >= 4 is 11.5 Å². The summed E-state index contributed by atoms with van der Waals surface area (Å²) in [6.07, 6.45) is 0.612. The van der Waals surface area contributed by atoms with E-state index in [0.717, 1.165) is 18.7 Å². The first kappa shape index (κ1) is 18.2. The Morgan fingerprint density at radius 3 is 1.96 bits per heavy atom. The van der Waals surface area contributed by atoms with Gasteiger partial charge in [-0.3, -0.25) is 0 Å². The third kappa shape index (κ3) is 5.17. The number of carbonyl (C=O) groups excluding carboxylic acids is 1. The maximum atomic E-state index is 11.5. The molecule has 0 heterocycles. The van der Waals surface area contributed by atoms with Gasteiger partial charge < -0.3 is 9.80 Å². The van der Waals surface area contributed by atoms with E-state index in [2.05, 4.69) is 54.1 Å². The van der Waals surface area contributed by atoms with Crippen LogP contribution in [-0.4, -0.2) is 43.9 Å². The molecule has 0 fully saturated rings. The summed E-state index contributed by atoms with van der Waals surface area (Å²) < 4.78 is 0. The second kappa shape index (κ2) is 8.60. The molecule has 24 heavy (non-hydrogen) atoms. The predicted molar refractivity (Wildman–Crippen MR) is 100 cm³/mol. The van der Waals surface area contributed by atoms with Gasteiger partial charge in [0.1, 0.15) is 5.94 Å². The lowest BCUT2D eigenvalue weighted by atomic mass is 9.95. The molecule has 3 heteroatoms. The van der Waals surface area contributed by atoms with Gasteiger partial charge in [0.15, 0.2) is 0 Å². The highest BCUT2D eigenvalue weighted by atomic mass is 16.1. The van der Waals surface area contributed by atoms with Crippen molar-refractivity contribution in [2.45, 2.75) is 19.5 Å². The van der Waals surface area contributed by atoms with E-state index in [1.807, 2.05) is 38.4 Å². The SMILES string of the molecule is CN(C)Cc1ccc(C(=C=O)Cc2ccccc2CN(C)C)cc1. The minimum atomic E-state index is 0.612. The topological polar surface area (TPSA) is 23.6 Å². The molecule has 3 nitrogen and oxygen atoms in total. The zero-order valence-electron chi connectivity index (χ0n) is 15.0. The lowest BCUT2D eigenvalue weighted by Gasteiger charge is -2.15. The third-order valence-corrected chi connectivity index (χ3v) is 3.90. The molecule has 0 spiro atoms. The number of nitrogens with zero attached hydrogens (tertiary/aromatic N) is 2. The largest absolute Gasteiger partial charge is 0.305 e. The van der Waals surface area contributed by atoms with Gasteiger partial charge in [-0.05, 0) is 50.4 Å². The molecule has 2 aromatic carbocycles. The molecule has 0 N–H and O–H groups in total. The number of benzene rings is 2. The monoisotopic (exact) mass is 322 g/mol. The van der Waals surface area contributed by atoms with Crippen LogP contribution in [0.25, 0.3) is 5.57 Å². The first-order valence-electron chi connectivity index (χ1n) is 8.19. The molecule has 0 bridgehead atoms. The van der Waals surface area contributed by atoms with E-state index >= 15 is 0 Å². The van der Waals surface area contributed by atoms with E-state index in [0.29, 0.717) is 12.0 Å². The summed E-state index contributed by atoms with van der Waals surface area (Å²) in [7, 11) is 8.20. The van der Waals surface area contributed by atoms with Crippen LogP contribution >= 0.6 is 0 Å². The van der Waals surface area contributed by atoms with Gasteiger partial charge in [-0.25, -0.2) is 4.79 Å². The van der Waals surface area contributed by atoms with E-state index in [1.54, 1.807) is 0 Å². The maximum Gasteiger partial charge on any atom is 0.128 e. The number of allylic oxidation sites excluding steroid dienone is 1. The zero-order chi connectivity index (χ0) is 17.5. The van der Waals surface area contributed by atoms with Gasteiger partial charge in [-0.15, -0.1) is 0 Å². The average molecular weight is 322 g/mol. The molecule has 0 amide bonds. The second-order valence-corrected chi connectivity index (χ2v) is 6.70. The Kier molecular flexibility index (Phi) is 6.51. The van der Waals surface area contributed by atoms with Gasteiger partial charge in [-0.2, -0.15) is 0 Å². The first-order valence-corrected chi connectivity index (χ1v) is 8.19. The molecule has 0 atom stereocenters. The predicted octanol–water partition coefficient (Wildman–Crippen LogP) is 3.27. The number of rotatable bonds is 7. The van der Waals surface area contributed by atoms with Gasteiger partial charge in [0, 0.05) is 25.1 Å². The van der Waals surface area contributed by atoms with Crippen LogP contribution in [-0.2, 0) is 24.3 Å². The van der Waals surface area contributed by atoms with Gasteiger partial charge >= 0.3 is 0 Å². The Hall–Kier alpha value is -2.19. The third-order valence-electron chi connectivity index (χ3n) is 3.90. The minimum absolute atomic E-state index is 0.612. The number of hydrogen-bond donors (Lipinski definition) is 0. The lowest BCUT2D eigenvalue weighted by molar-refractivity contribution is 0.401. The summed E-state index contributed by atoms with van der Waals surface area (Å²) in [6, 6.07) is 16.5. The first-order chi connectivity index (χ1) is 11.5. The summed E-state index contributed by atoms with van der Waals surface area (Å²) in [5.74, 6) is 2.15. The van der Waals surface area contributed by atoms with Crippen LogP contribution in [0.2, 0.25) is 0 Å². The summed E-state index contributed by atoms with van der Waals surface area (Å²) in [6.45, 7) is 1.76. The fourth-order valence-electron chi connectivity index (χ4n) is 2.79. The van der Waals surface area contributed by atoms with Crippen molar-refractivity contribution in [1.29, 1.82) is 0 Å². The summed E-state index contributed by atoms with van der Waals surface area (Å²) in [4.78, 5) is 15.8. The van der Waals surface area contributed by atoms with Crippen molar-refractivity contribution in [3.8, 4) is 0 Å². The van der Waals surface area contributed by atoms with Crippen LogP contribution in [0.3, 0.4) is 0 Å². The van der Waals surface area contributed by atoms with Gasteiger partial charge in [-0.1, -0.05) is 48.5 Å². The van der Waals surface area contributed by atoms with Crippen molar-refractivity contribution in [3.63, 3.8) is 0 Å². The zero-order valence-corrected chi connectivity index (χ0v) is 15.0. The van der Waals surface area contributed by atoms with Gasteiger partial charge in [0.05, 0.1) is 0 Å². The van der Waals surface area contributed by atoms with E-state index < -0.39 is 0 Å². The molecule has 0 radical (unpaired) electrons. The average Bonchev–Trinajstić information content (AvgIpc) is 2.54. The van der Waals surface area contributed by atoms with Gasteiger partial charge in [0.25, 0.3) is 0 Å².